The molecule has 0 atom stereocenters. The summed E-state index contributed by atoms with van der Waals surface area (Å²) < 4.78 is 2.74. The van der Waals surface area contributed by atoms with Gasteiger partial charge in [-0.25, -0.2) is 0 Å². The van der Waals surface area contributed by atoms with Gasteiger partial charge in [-0.05, 0) is 98.6 Å². The summed E-state index contributed by atoms with van der Waals surface area (Å²) in [5.74, 6) is 0. The third kappa shape index (κ3) is 5.08. The molecule has 1 aliphatic carbocycles. The minimum atomic E-state index is -0.245. The molecule has 0 radical (unpaired) electrons. The van der Waals surface area contributed by atoms with Crippen LogP contribution in [-0.2, 0) is 16.2 Å². The molecule has 4 heteroatoms. The molecule has 0 fully saturated rings. The predicted octanol–water partition coefficient (Wildman–Crippen LogP) is 14.0. The highest BCUT2D eigenvalue weighted by molar-refractivity contribution is 6.85. The highest BCUT2D eigenvalue weighted by Crippen LogP contribution is 2.58. The van der Waals surface area contributed by atoms with E-state index in [4.69, 9.17) is 0 Å². The van der Waals surface area contributed by atoms with Crippen LogP contribution in [-0.4, -0.2) is 11.3 Å². The molecule has 11 rings (SSSR count). The zero-order valence-corrected chi connectivity index (χ0v) is 35.4. The number of hydrogen-bond acceptors (Lipinski definition) is 2. The van der Waals surface area contributed by atoms with Gasteiger partial charge in [0.2, 0.25) is 0 Å². The maximum atomic E-state index is 2.74. The number of benzene rings is 7. The Morgan fingerprint density at radius 1 is 0.559 bits per heavy atom. The molecule has 0 bridgehead atoms. The highest BCUT2D eigenvalue weighted by Gasteiger charge is 2.53. The van der Waals surface area contributed by atoms with Crippen molar-refractivity contribution >= 4 is 68.3 Å². The summed E-state index contributed by atoms with van der Waals surface area (Å²) in [6, 6.07) is 59.4. The van der Waals surface area contributed by atoms with Crippen LogP contribution in [0.5, 0.6) is 0 Å². The molecule has 0 saturated heterocycles. The molecule has 0 saturated carbocycles. The van der Waals surface area contributed by atoms with E-state index in [-0.39, 0.29) is 23.1 Å². The Morgan fingerprint density at radius 2 is 1.17 bits per heavy atom. The Kier molecular flexibility index (Phi) is 7.53. The van der Waals surface area contributed by atoms with E-state index in [9.17, 15) is 0 Å². The number of allylic oxidation sites excluding steroid dienone is 1. The van der Waals surface area contributed by atoms with Crippen LogP contribution in [0.1, 0.15) is 77.6 Å². The first kappa shape index (κ1) is 35.9. The third-order valence-electron chi connectivity index (χ3n) is 13.5. The van der Waals surface area contributed by atoms with Crippen LogP contribution in [0.3, 0.4) is 0 Å². The summed E-state index contributed by atoms with van der Waals surface area (Å²) in [6.45, 7) is 18.9. The summed E-state index contributed by atoms with van der Waals surface area (Å²) in [7, 11) is 0. The Morgan fingerprint density at radius 3 is 1.83 bits per heavy atom. The smallest absolute Gasteiger partial charge is 0.329 e. The topological polar surface area (TPSA) is 11.4 Å². The van der Waals surface area contributed by atoms with E-state index in [0.29, 0.717) is 0 Å². The molecule has 3 heterocycles. The fourth-order valence-corrected chi connectivity index (χ4v) is 10.6. The number of rotatable bonds is 4. The molecule has 8 aromatic rings. The average molecular weight is 764 g/mol. The van der Waals surface area contributed by atoms with Gasteiger partial charge in [0.1, 0.15) is 0 Å². The number of fused-ring (bicyclic) bond motifs is 8. The number of anilines is 5. The lowest BCUT2D eigenvalue weighted by molar-refractivity contribution is 0.590. The number of aromatic nitrogens is 1. The average Bonchev–Trinajstić information content (AvgIpc) is 3.70. The van der Waals surface area contributed by atoms with E-state index in [1.807, 2.05) is 0 Å². The predicted molar refractivity (Wildman–Crippen MR) is 253 cm³/mol. The van der Waals surface area contributed by atoms with Gasteiger partial charge in [0, 0.05) is 66.8 Å². The van der Waals surface area contributed by atoms with Gasteiger partial charge in [0.05, 0.1) is 5.69 Å². The summed E-state index contributed by atoms with van der Waals surface area (Å²) in [4.78, 5) is 5.08. The Balaban J connectivity index is 1.30. The molecule has 0 amide bonds. The summed E-state index contributed by atoms with van der Waals surface area (Å²) in [5.41, 5.74) is 20.5. The van der Waals surface area contributed by atoms with E-state index in [2.05, 4.69) is 227 Å². The van der Waals surface area contributed by atoms with E-state index in [1.54, 1.807) is 0 Å². The van der Waals surface area contributed by atoms with Crippen LogP contribution >= 0.6 is 0 Å². The zero-order valence-electron chi connectivity index (χ0n) is 35.4. The van der Waals surface area contributed by atoms with Crippen LogP contribution in [0.15, 0.2) is 163 Å². The van der Waals surface area contributed by atoms with Crippen LogP contribution in [0, 0.1) is 0 Å². The number of hydrogen-bond donors (Lipinski definition) is 0. The van der Waals surface area contributed by atoms with Crippen molar-refractivity contribution in [1.82, 2.24) is 4.48 Å². The fourth-order valence-electron chi connectivity index (χ4n) is 10.6. The van der Waals surface area contributed by atoms with Crippen molar-refractivity contribution < 1.29 is 0 Å². The van der Waals surface area contributed by atoms with Crippen LogP contribution in [0.4, 0.5) is 28.4 Å². The second-order valence-corrected chi connectivity index (χ2v) is 19.4. The lowest BCUT2D eigenvalue weighted by atomic mass is 9.40. The van der Waals surface area contributed by atoms with E-state index in [1.165, 1.54) is 88.9 Å². The zero-order chi connectivity index (χ0) is 40.6. The molecule has 3 aliphatic rings. The summed E-state index contributed by atoms with van der Waals surface area (Å²) in [5, 5.41) is 2.56. The molecule has 59 heavy (non-hydrogen) atoms. The van der Waals surface area contributed by atoms with E-state index < -0.39 is 0 Å². The monoisotopic (exact) mass is 763 g/mol. The minimum absolute atomic E-state index is 0.0245. The first-order valence-corrected chi connectivity index (χ1v) is 21.2. The fraction of sp³-hybridized carbons (Fsp3) is 0.200. The highest BCUT2D eigenvalue weighted by atomic mass is 15.2. The van der Waals surface area contributed by atoms with E-state index in [0.717, 1.165) is 11.4 Å². The van der Waals surface area contributed by atoms with Crippen molar-refractivity contribution in [2.45, 2.75) is 71.6 Å². The molecule has 288 valence electrons. The molecule has 0 N–H and O–H groups in total. The van der Waals surface area contributed by atoms with Crippen LogP contribution in [0.2, 0.25) is 0 Å². The van der Waals surface area contributed by atoms with Crippen molar-refractivity contribution in [3.05, 3.63) is 185 Å². The molecule has 1 aromatic heterocycles. The summed E-state index contributed by atoms with van der Waals surface area (Å²) >= 11 is 0. The lowest BCUT2D eigenvalue weighted by Gasteiger charge is -2.44. The quantitative estimate of drug-likeness (QED) is 0.165. The Hall–Kier alpha value is -6.26. The van der Waals surface area contributed by atoms with Crippen molar-refractivity contribution in [2.24, 2.45) is 0 Å². The van der Waals surface area contributed by atoms with E-state index >= 15 is 0 Å². The lowest BCUT2D eigenvalue weighted by Crippen LogP contribution is -2.52. The Labute approximate surface area is 349 Å². The minimum Gasteiger partial charge on any atom is -0.375 e. The van der Waals surface area contributed by atoms with Gasteiger partial charge in [-0.1, -0.05) is 159 Å². The molecule has 0 unspecified atom stereocenters. The van der Waals surface area contributed by atoms with Crippen molar-refractivity contribution in [3.63, 3.8) is 0 Å². The number of nitrogens with zero attached hydrogens (tertiary/aromatic N) is 3. The van der Waals surface area contributed by atoms with Gasteiger partial charge in [-0.15, -0.1) is 0 Å². The van der Waals surface area contributed by atoms with Crippen molar-refractivity contribution in [2.75, 3.05) is 9.80 Å². The van der Waals surface area contributed by atoms with Crippen LogP contribution < -0.4 is 15.3 Å². The van der Waals surface area contributed by atoms with Gasteiger partial charge in [0.15, 0.2) is 0 Å². The summed E-state index contributed by atoms with van der Waals surface area (Å²) in [6.07, 6.45) is 0. The SMILES string of the molecule is CC(C)(C)c1ccc(N2C3=C(B4c5c(cc(C(C)(C)C)cc52)-c2ccc(N(c5ccccc5)c5ccccc5)c5c6ccccc6n4c25)C(C)(C)c2ccccc23)cc1. The molecule has 0 spiro atoms. The maximum absolute atomic E-state index is 2.74. The first-order chi connectivity index (χ1) is 28.3. The van der Waals surface area contributed by atoms with Crippen molar-refractivity contribution in [1.29, 1.82) is 0 Å². The normalized spacial score (nSPS) is 15.1. The number of para-hydroxylation sites is 3. The second-order valence-electron chi connectivity index (χ2n) is 19.4. The second kappa shape index (κ2) is 12.4. The van der Waals surface area contributed by atoms with Gasteiger partial charge in [-0.3, -0.25) is 0 Å². The standard InChI is InChI=1S/C55H50BN3/c1-53(2,3)35-27-29-39(30-28-35)58-47-34-36(54(4,5)6)33-43-40-31-32-46(57(37-19-11-9-12-20-37)38-21-13-10-14-22-38)48-42-24-16-18-26-45(42)59(50(40)48)56(49(43)47)52-51(58)41-23-15-17-25-44(41)55(52,7)8/h9-34H,1-8H3. The first-order valence-electron chi connectivity index (χ1n) is 21.2. The van der Waals surface area contributed by atoms with Crippen molar-refractivity contribution in [3.8, 4) is 11.1 Å². The van der Waals surface area contributed by atoms with Gasteiger partial charge in [-0.2, -0.15) is 0 Å². The van der Waals surface area contributed by atoms with Gasteiger partial charge in [0.25, 0.3) is 0 Å². The van der Waals surface area contributed by atoms with Crippen LogP contribution in [0.25, 0.3) is 38.6 Å². The third-order valence-corrected chi connectivity index (χ3v) is 13.5. The maximum Gasteiger partial charge on any atom is 0.329 e. The molecular formula is C55H50BN3. The molecular weight excluding hydrogens is 713 g/mol. The Bertz CT molecular complexity index is 2990. The largest absolute Gasteiger partial charge is 0.375 e. The molecule has 2 aliphatic heterocycles. The van der Waals surface area contributed by atoms with Gasteiger partial charge < -0.3 is 14.3 Å². The van der Waals surface area contributed by atoms with Gasteiger partial charge >= 0.3 is 6.85 Å². The molecule has 3 nitrogen and oxygen atoms in total. The molecule has 7 aromatic carbocycles.